The molecule has 2 aromatic carbocycles. The predicted octanol–water partition coefficient (Wildman–Crippen LogP) is 2.53. The molecule has 1 atom stereocenters. The maximum Gasteiger partial charge on any atom is 0.341 e. The molecule has 2 heterocycles. The minimum Gasteiger partial charge on any atom is -0.477 e. The number of carboxylic acids is 1. The lowest BCUT2D eigenvalue weighted by Gasteiger charge is -2.23. The maximum absolute atomic E-state index is 15.2. The number of aryl methyl sites for hydroxylation is 1. The lowest BCUT2D eigenvalue weighted by Crippen LogP contribution is -2.27. The molecule has 0 saturated carbocycles. The Bertz CT molecular complexity index is 1310. The predicted molar refractivity (Wildman–Crippen MR) is 110 cm³/mol. The summed E-state index contributed by atoms with van der Waals surface area (Å²) in [6.07, 6.45) is 1.57. The van der Waals surface area contributed by atoms with E-state index in [2.05, 4.69) is 0 Å². The van der Waals surface area contributed by atoms with Gasteiger partial charge in [-0.05, 0) is 25.5 Å². The van der Waals surface area contributed by atoms with Crippen molar-refractivity contribution in [2.75, 3.05) is 23.7 Å². The van der Waals surface area contributed by atoms with Gasteiger partial charge in [-0.15, -0.1) is 0 Å². The van der Waals surface area contributed by atoms with Crippen molar-refractivity contribution in [2.24, 2.45) is 5.73 Å². The van der Waals surface area contributed by atoms with Crippen molar-refractivity contribution in [3.8, 4) is 5.69 Å². The first-order valence-electron chi connectivity index (χ1n) is 9.47. The standard InChI is InChI=1S/C21H19F3N4O3/c1-9-18-16(6-17(19(9)24)27-3-2-10(25)7-27)28(8-11(20(18)29)21(30)31)15-5-14(26)12(22)4-13(15)23/h4-6,8,10H,2-3,7,25-26H2,1H3,(H,30,31). The van der Waals surface area contributed by atoms with Crippen LogP contribution < -0.4 is 21.8 Å². The monoisotopic (exact) mass is 432 g/mol. The van der Waals surface area contributed by atoms with Gasteiger partial charge in [0.2, 0.25) is 5.43 Å². The molecular weight excluding hydrogens is 413 g/mol. The number of carbonyl (C=O) groups is 1. The summed E-state index contributed by atoms with van der Waals surface area (Å²) in [5, 5.41) is 9.26. The molecule has 7 nitrogen and oxygen atoms in total. The molecule has 0 aliphatic carbocycles. The van der Waals surface area contributed by atoms with Crippen LogP contribution in [0.2, 0.25) is 0 Å². The van der Waals surface area contributed by atoms with Gasteiger partial charge in [-0.3, -0.25) is 4.79 Å². The van der Waals surface area contributed by atoms with Crippen molar-refractivity contribution in [1.29, 1.82) is 0 Å². The minimum atomic E-state index is -1.56. The first-order chi connectivity index (χ1) is 14.6. The molecule has 1 aliphatic heterocycles. The van der Waals surface area contributed by atoms with Gasteiger partial charge in [-0.25, -0.2) is 18.0 Å². The van der Waals surface area contributed by atoms with Crippen LogP contribution >= 0.6 is 0 Å². The van der Waals surface area contributed by atoms with Gasteiger partial charge in [-0.2, -0.15) is 0 Å². The van der Waals surface area contributed by atoms with Crippen LogP contribution in [0.25, 0.3) is 16.6 Å². The second-order valence-corrected chi connectivity index (χ2v) is 7.60. The molecule has 1 unspecified atom stereocenters. The number of pyridine rings is 1. The largest absolute Gasteiger partial charge is 0.477 e. The Morgan fingerprint density at radius 2 is 1.87 bits per heavy atom. The van der Waals surface area contributed by atoms with Crippen LogP contribution in [0.5, 0.6) is 0 Å². The Morgan fingerprint density at radius 3 is 2.48 bits per heavy atom. The molecule has 0 radical (unpaired) electrons. The van der Waals surface area contributed by atoms with Crippen molar-refractivity contribution in [1.82, 2.24) is 4.57 Å². The van der Waals surface area contributed by atoms with E-state index in [1.807, 2.05) is 0 Å². The van der Waals surface area contributed by atoms with Crippen LogP contribution in [0.1, 0.15) is 22.3 Å². The van der Waals surface area contributed by atoms with Crippen LogP contribution in [0.3, 0.4) is 0 Å². The van der Waals surface area contributed by atoms with Crippen LogP contribution in [-0.4, -0.2) is 34.8 Å². The fraction of sp³-hybridized carbons (Fsp3) is 0.238. The average Bonchev–Trinajstić information content (AvgIpc) is 3.13. The summed E-state index contributed by atoms with van der Waals surface area (Å²) in [7, 11) is 0. The van der Waals surface area contributed by atoms with E-state index in [0.29, 0.717) is 25.6 Å². The third-order valence-electron chi connectivity index (χ3n) is 5.57. The molecule has 3 aromatic rings. The van der Waals surface area contributed by atoms with Gasteiger partial charge in [0.25, 0.3) is 0 Å². The zero-order chi connectivity index (χ0) is 22.6. The maximum atomic E-state index is 15.2. The van der Waals surface area contributed by atoms with E-state index >= 15 is 4.39 Å². The highest BCUT2D eigenvalue weighted by atomic mass is 19.1. The zero-order valence-electron chi connectivity index (χ0n) is 16.5. The number of benzene rings is 2. The van der Waals surface area contributed by atoms with Gasteiger partial charge in [0.1, 0.15) is 23.0 Å². The van der Waals surface area contributed by atoms with Crippen molar-refractivity contribution < 1.29 is 23.1 Å². The van der Waals surface area contributed by atoms with Gasteiger partial charge in [-0.1, -0.05) is 0 Å². The van der Waals surface area contributed by atoms with E-state index in [9.17, 15) is 23.5 Å². The summed E-state index contributed by atoms with van der Waals surface area (Å²) >= 11 is 0. The highest BCUT2D eigenvalue weighted by Gasteiger charge is 2.27. The third kappa shape index (κ3) is 3.28. The molecule has 0 bridgehead atoms. The molecule has 10 heteroatoms. The fourth-order valence-electron chi connectivity index (χ4n) is 3.95. The van der Waals surface area contributed by atoms with Crippen LogP contribution in [0.15, 0.2) is 29.2 Å². The highest BCUT2D eigenvalue weighted by molar-refractivity contribution is 5.95. The van der Waals surface area contributed by atoms with Gasteiger partial charge < -0.3 is 26.0 Å². The number of rotatable bonds is 3. The Hall–Kier alpha value is -3.53. The number of anilines is 2. The van der Waals surface area contributed by atoms with Crippen LogP contribution in [0, 0.1) is 24.4 Å². The normalized spacial score (nSPS) is 16.3. The Kier molecular flexibility index (Phi) is 4.89. The minimum absolute atomic E-state index is 0.0641. The molecule has 4 rings (SSSR count). The molecule has 1 fully saturated rings. The number of nitrogen functional groups attached to an aromatic ring is 1. The number of nitrogens with two attached hydrogens (primary N) is 2. The van der Waals surface area contributed by atoms with E-state index in [1.165, 1.54) is 13.0 Å². The van der Waals surface area contributed by atoms with Gasteiger partial charge in [0.05, 0.1) is 28.0 Å². The quantitative estimate of drug-likeness (QED) is 0.548. The van der Waals surface area contributed by atoms with Crippen molar-refractivity contribution in [2.45, 2.75) is 19.4 Å². The van der Waals surface area contributed by atoms with Crippen molar-refractivity contribution in [3.63, 3.8) is 0 Å². The van der Waals surface area contributed by atoms with Gasteiger partial charge in [0, 0.05) is 37.0 Å². The number of nitrogens with zero attached hydrogens (tertiary/aromatic N) is 2. The van der Waals surface area contributed by atoms with Gasteiger partial charge in [0.15, 0.2) is 0 Å². The van der Waals surface area contributed by atoms with E-state index < -0.39 is 34.4 Å². The molecule has 5 N–H and O–H groups in total. The molecule has 0 amide bonds. The fourth-order valence-corrected chi connectivity index (χ4v) is 3.95. The third-order valence-corrected chi connectivity index (χ3v) is 5.57. The number of halogens is 3. The second kappa shape index (κ2) is 7.31. The number of hydrogen-bond acceptors (Lipinski definition) is 5. The summed E-state index contributed by atoms with van der Waals surface area (Å²) < 4.78 is 44.7. The van der Waals surface area contributed by atoms with E-state index in [-0.39, 0.29) is 39.6 Å². The summed E-state index contributed by atoms with van der Waals surface area (Å²) in [6.45, 7) is 2.22. The lowest BCUT2D eigenvalue weighted by atomic mass is 10.0. The van der Waals surface area contributed by atoms with Crippen LogP contribution in [0.4, 0.5) is 24.5 Å². The van der Waals surface area contributed by atoms with E-state index in [4.69, 9.17) is 11.5 Å². The van der Waals surface area contributed by atoms with E-state index in [0.717, 1.165) is 16.8 Å². The molecule has 1 saturated heterocycles. The first kappa shape index (κ1) is 20.7. The number of carboxylic acid groups (broad SMARTS) is 1. The first-order valence-corrected chi connectivity index (χ1v) is 9.47. The number of aromatic carboxylic acids is 1. The smallest absolute Gasteiger partial charge is 0.341 e. The topological polar surface area (TPSA) is 115 Å². The lowest BCUT2D eigenvalue weighted by molar-refractivity contribution is 0.0695. The molecule has 1 aliphatic rings. The molecule has 0 spiro atoms. The molecular formula is C21H19F3N4O3. The van der Waals surface area contributed by atoms with Crippen molar-refractivity contribution >= 4 is 28.2 Å². The van der Waals surface area contributed by atoms with Crippen LogP contribution in [-0.2, 0) is 0 Å². The van der Waals surface area contributed by atoms with Gasteiger partial charge >= 0.3 is 5.97 Å². The molecule has 1 aromatic heterocycles. The highest BCUT2D eigenvalue weighted by Crippen LogP contribution is 2.33. The summed E-state index contributed by atoms with van der Waals surface area (Å²) in [5.74, 6) is -4.27. The Morgan fingerprint density at radius 1 is 1.16 bits per heavy atom. The SMILES string of the molecule is Cc1c(F)c(N2CCC(N)C2)cc2c1c(=O)c(C(=O)O)cn2-c1cc(N)c(F)cc1F. The molecule has 31 heavy (non-hydrogen) atoms. The number of aromatic nitrogens is 1. The van der Waals surface area contributed by atoms with Crippen molar-refractivity contribution in [3.05, 3.63) is 63.2 Å². The number of fused-ring (bicyclic) bond motifs is 1. The molecule has 162 valence electrons. The second-order valence-electron chi connectivity index (χ2n) is 7.60. The summed E-state index contributed by atoms with van der Waals surface area (Å²) in [5.41, 5.74) is 9.41. The Balaban J connectivity index is 2.13. The summed E-state index contributed by atoms with van der Waals surface area (Å²) in [4.78, 5) is 26.2. The zero-order valence-corrected chi connectivity index (χ0v) is 16.5. The Labute approximate surface area is 174 Å². The average molecular weight is 432 g/mol. The number of hydrogen-bond donors (Lipinski definition) is 3. The summed E-state index contributed by atoms with van der Waals surface area (Å²) in [6, 6.07) is 2.75. The van der Waals surface area contributed by atoms with E-state index in [1.54, 1.807) is 4.90 Å².